The third-order valence-corrected chi connectivity index (χ3v) is 5.17. The predicted octanol–water partition coefficient (Wildman–Crippen LogP) is 0.0176. The highest BCUT2D eigenvalue weighted by Crippen LogP contribution is 2.24. The molecular formula is C17H24N4O3. The van der Waals surface area contributed by atoms with Crippen molar-refractivity contribution >= 4 is 11.8 Å². The lowest BCUT2D eigenvalue weighted by atomic mass is 9.95. The maximum Gasteiger partial charge on any atom is 0.272 e. The van der Waals surface area contributed by atoms with Crippen molar-refractivity contribution in [2.45, 2.75) is 25.8 Å². The number of aliphatic hydroxyl groups excluding tert-OH is 1. The summed E-state index contributed by atoms with van der Waals surface area (Å²) >= 11 is 0. The topological polar surface area (TPSA) is 99.8 Å². The van der Waals surface area contributed by atoms with E-state index in [9.17, 15) is 14.7 Å². The Balaban J connectivity index is 1.55. The second-order valence-electron chi connectivity index (χ2n) is 6.77. The fourth-order valence-corrected chi connectivity index (χ4v) is 3.45. The van der Waals surface area contributed by atoms with Crippen molar-refractivity contribution in [2.75, 3.05) is 32.8 Å². The van der Waals surface area contributed by atoms with Gasteiger partial charge in [0, 0.05) is 31.9 Å². The zero-order chi connectivity index (χ0) is 17.3. The number of likely N-dealkylation sites (tertiary alicyclic amines) is 2. The number of primary amides is 1. The van der Waals surface area contributed by atoms with Crippen molar-refractivity contribution in [1.29, 1.82) is 0 Å². The maximum atomic E-state index is 12.5. The Morgan fingerprint density at radius 1 is 1.33 bits per heavy atom. The van der Waals surface area contributed by atoms with Crippen molar-refractivity contribution in [1.82, 2.24) is 14.8 Å². The number of carbonyl (C=O) groups is 2. The van der Waals surface area contributed by atoms with Gasteiger partial charge in [-0.05, 0) is 50.4 Å². The first-order valence-corrected chi connectivity index (χ1v) is 8.40. The molecule has 2 saturated heterocycles. The molecule has 24 heavy (non-hydrogen) atoms. The van der Waals surface area contributed by atoms with E-state index < -0.39 is 5.91 Å². The molecule has 0 saturated carbocycles. The Morgan fingerprint density at radius 3 is 2.54 bits per heavy atom. The number of aryl methyl sites for hydroxylation is 1. The number of hydrogen-bond donors (Lipinski definition) is 2. The quantitative estimate of drug-likeness (QED) is 0.809. The van der Waals surface area contributed by atoms with Crippen molar-refractivity contribution in [2.24, 2.45) is 11.7 Å². The minimum Gasteiger partial charge on any atom is -0.396 e. The fourth-order valence-electron chi connectivity index (χ4n) is 3.45. The smallest absolute Gasteiger partial charge is 0.272 e. The van der Waals surface area contributed by atoms with Crippen LogP contribution in [0.25, 0.3) is 0 Å². The van der Waals surface area contributed by atoms with Crippen LogP contribution in [-0.2, 0) is 0 Å². The molecule has 0 atom stereocenters. The van der Waals surface area contributed by atoms with Gasteiger partial charge in [0.05, 0.1) is 5.56 Å². The van der Waals surface area contributed by atoms with Crippen LogP contribution in [0.1, 0.15) is 39.3 Å². The molecular weight excluding hydrogens is 308 g/mol. The summed E-state index contributed by atoms with van der Waals surface area (Å²) < 4.78 is 0. The minimum absolute atomic E-state index is 0.101. The van der Waals surface area contributed by atoms with Gasteiger partial charge >= 0.3 is 0 Å². The van der Waals surface area contributed by atoms with E-state index in [4.69, 9.17) is 5.73 Å². The van der Waals surface area contributed by atoms with E-state index in [0.717, 1.165) is 25.9 Å². The number of piperidine rings is 1. The van der Waals surface area contributed by atoms with Crippen LogP contribution >= 0.6 is 0 Å². The molecule has 130 valence electrons. The zero-order valence-corrected chi connectivity index (χ0v) is 13.9. The van der Waals surface area contributed by atoms with Gasteiger partial charge in [-0.25, -0.2) is 0 Å². The van der Waals surface area contributed by atoms with Gasteiger partial charge < -0.3 is 15.7 Å². The highest BCUT2D eigenvalue weighted by atomic mass is 16.3. The molecule has 0 radical (unpaired) electrons. The largest absolute Gasteiger partial charge is 0.396 e. The van der Waals surface area contributed by atoms with Gasteiger partial charge in [-0.1, -0.05) is 0 Å². The number of hydrogen-bond acceptors (Lipinski definition) is 5. The lowest BCUT2D eigenvalue weighted by Gasteiger charge is -2.47. The van der Waals surface area contributed by atoms with E-state index >= 15 is 0 Å². The maximum absolute atomic E-state index is 12.5. The van der Waals surface area contributed by atoms with Crippen LogP contribution in [0.5, 0.6) is 0 Å². The summed E-state index contributed by atoms with van der Waals surface area (Å²) in [7, 11) is 0. The van der Waals surface area contributed by atoms with Gasteiger partial charge in [0.2, 0.25) is 0 Å². The number of pyridine rings is 1. The normalized spacial score (nSPS) is 20.0. The van der Waals surface area contributed by atoms with Gasteiger partial charge in [-0.3, -0.25) is 19.5 Å². The molecule has 2 fully saturated rings. The minimum atomic E-state index is -0.533. The molecule has 3 heterocycles. The van der Waals surface area contributed by atoms with Crippen LogP contribution in [0, 0.1) is 12.8 Å². The Morgan fingerprint density at radius 2 is 2.00 bits per heavy atom. The van der Waals surface area contributed by atoms with E-state index in [1.807, 2.05) is 0 Å². The molecule has 3 rings (SSSR count). The van der Waals surface area contributed by atoms with Crippen LogP contribution < -0.4 is 5.73 Å². The summed E-state index contributed by atoms with van der Waals surface area (Å²) in [6.07, 6.45) is 3.42. The highest BCUT2D eigenvalue weighted by Gasteiger charge is 2.37. The number of amides is 2. The van der Waals surface area contributed by atoms with Crippen LogP contribution in [0.4, 0.5) is 0 Å². The molecule has 0 spiro atoms. The van der Waals surface area contributed by atoms with Crippen LogP contribution in [0.3, 0.4) is 0 Å². The van der Waals surface area contributed by atoms with E-state index in [2.05, 4.69) is 9.88 Å². The van der Waals surface area contributed by atoms with Crippen molar-refractivity contribution in [3.63, 3.8) is 0 Å². The van der Waals surface area contributed by atoms with E-state index in [1.165, 1.54) is 6.20 Å². The molecule has 0 aliphatic carbocycles. The molecule has 1 aromatic rings. The lowest BCUT2D eigenvalue weighted by Crippen LogP contribution is -2.62. The summed E-state index contributed by atoms with van der Waals surface area (Å²) in [4.78, 5) is 32.0. The number of nitrogens with two attached hydrogens (primary N) is 1. The first-order chi connectivity index (χ1) is 11.5. The SMILES string of the molecule is Cc1cc(C(=O)N2CC(N3CCC(CO)CC3)C2)ncc1C(N)=O. The first kappa shape index (κ1) is 16.9. The molecule has 2 aliphatic rings. The highest BCUT2D eigenvalue weighted by molar-refractivity contribution is 5.97. The van der Waals surface area contributed by atoms with Crippen molar-refractivity contribution in [3.05, 3.63) is 29.1 Å². The molecule has 0 bridgehead atoms. The van der Waals surface area contributed by atoms with Gasteiger partial charge in [-0.15, -0.1) is 0 Å². The molecule has 2 aliphatic heterocycles. The summed E-state index contributed by atoms with van der Waals surface area (Å²) in [6.45, 7) is 5.42. The van der Waals surface area contributed by atoms with Gasteiger partial charge in [0.15, 0.2) is 0 Å². The third-order valence-electron chi connectivity index (χ3n) is 5.17. The van der Waals surface area contributed by atoms with Gasteiger partial charge in [0.1, 0.15) is 5.69 Å². The summed E-state index contributed by atoms with van der Waals surface area (Å²) in [5, 5.41) is 9.20. The van der Waals surface area contributed by atoms with Crippen LogP contribution in [-0.4, -0.2) is 70.5 Å². The standard InChI is InChI=1S/C17H24N4O3/c1-11-6-15(19-7-14(11)16(18)23)17(24)21-8-13(9-21)20-4-2-12(10-22)3-5-20/h6-7,12-13,22H,2-5,8-10H2,1H3,(H2,18,23). The Kier molecular flexibility index (Phi) is 4.82. The van der Waals surface area contributed by atoms with Crippen molar-refractivity contribution in [3.8, 4) is 0 Å². The Hall–Kier alpha value is -1.99. The summed E-state index contributed by atoms with van der Waals surface area (Å²) in [5.74, 6) is -0.208. The number of rotatable bonds is 4. The molecule has 0 aromatic carbocycles. The number of aliphatic hydroxyl groups is 1. The average molecular weight is 332 g/mol. The molecule has 3 N–H and O–H groups in total. The molecule has 7 heteroatoms. The summed E-state index contributed by atoms with van der Waals surface area (Å²) in [6, 6.07) is 2.03. The van der Waals surface area contributed by atoms with E-state index in [1.54, 1.807) is 17.9 Å². The molecule has 0 unspecified atom stereocenters. The van der Waals surface area contributed by atoms with Gasteiger partial charge in [-0.2, -0.15) is 0 Å². The van der Waals surface area contributed by atoms with E-state index in [0.29, 0.717) is 41.9 Å². The second-order valence-corrected chi connectivity index (χ2v) is 6.77. The Bertz CT molecular complexity index is 635. The van der Waals surface area contributed by atoms with Crippen LogP contribution in [0.15, 0.2) is 12.3 Å². The van der Waals surface area contributed by atoms with Crippen molar-refractivity contribution < 1.29 is 14.7 Å². The number of carbonyl (C=O) groups excluding carboxylic acids is 2. The average Bonchev–Trinajstić information content (AvgIpc) is 2.53. The first-order valence-electron chi connectivity index (χ1n) is 8.40. The number of aromatic nitrogens is 1. The Labute approximate surface area is 141 Å². The summed E-state index contributed by atoms with van der Waals surface area (Å²) in [5.41, 5.74) is 6.64. The fraction of sp³-hybridized carbons (Fsp3) is 0.588. The third kappa shape index (κ3) is 3.27. The molecule has 7 nitrogen and oxygen atoms in total. The zero-order valence-electron chi connectivity index (χ0n) is 13.9. The lowest BCUT2D eigenvalue weighted by molar-refractivity contribution is 0.00993. The van der Waals surface area contributed by atoms with Gasteiger partial charge in [0.25, 0.3) is 11.8 Å². The van der Waals surface area contributed by atoms with Crippen LogP contribution in [0.2, 0.25) is 0 Å². The number of nitrogens with zero attached hydrogens (tertiary/aromatic N) is 3. The molecule has 2 amide bonds. The molecule has 1 aromatic heterocycles. The monoisotopic (exact) mass is 332 g/mol. The second kappa shape index (κ2) is 6.86. The van der Waals surface area contributed by atoms with E-state index in [-0.39, 0.29) is 12.5 Å². The predicted molar refractivity (Wildman–Crippen MR) is 88.6 cm³/mol.